The van der Waals surface area contributed by atoms with Gasteiger partial charge in [-0.3, -0.25) is 4.57 Å². The third kappa shape index (κ3) is 2.44. The minimum Gasteiger partial charge on any atom is -0.348 e. The SMILES string of the molecule is O=P(O)(Cc1cnc[nH]1)OO. The minimum atomic E-state index is -3.88. The summed E-state index contributed by atoms with van der Waals surface area (Å²) in [6.45, 7) is 0. The van der Waals surface area contributed by atoms with E-state index >= 15 is 0 Å². The van der Waals surface area contributed by atoms with Crippen molar-refractivity contribution < 1.29 is 19.4 Å². The first-order valence-corrected chi connectivity index (χ1v) is 4.52. The van der Waals surface area contributed by atoms with E-state index in [4.69, 9.17) is 10.2 Å². The molecule has 7 heteroatoms. The van der Waals surface area contributed by atoms with Crippen molar-refractivity contribution in [1.82, 2.24) is 9.97 Å². The van der Waals surface area contributed by atoms with Crippen LogP contribution in [0.3, 0.4) is 0 Å². The minimum absolute atomic E-state index is 0.274. The average Bonchev–Trinajstić information content (AvgIpc) is 2.39. The molecule has 3 N–H and O–H groups in total. The van der Waals surface area contributed by atoms with Gasteiger partial charge in [0, 0.05) is 11.9 Å². The van der Waals surface area contributed by atoms with Crippen LogP contribution in [0.4, 0.5) is 0 Å². The van der Waals surface area contributed by atoms with Crippen LogP contribution in [0.1, 0.15) is 5.69 Å². The van der Waals surface area contributed by atoms with Gasteiger partial charge in [0.1, 0.15) is 0 Å². The van der Waals surface area contributed by atoms with Gasteiger partial charge < -0.3 is 9.88 Å². The van der Waals surface area contributed by atoms with E-state index in [0.717, 1.165) is 0 Å². The third-order valence-corrected chi connectivity index (χ3v) is 2.05. The number of hydrogen-bond donors (Lipinski definition) is 3. The van der Waals surface area contributed by atoms with Crippen LogP contribution in [-0.2, 0) is 15.4 Å². The Bertz CT molecular complexity index is 259. The molecule has 0 aliphatic carbocycles. The second-order valence-corrected chi connectivity index (χ2v) is 3.71. The maximum atomic E-state index is 10.7. The number of imidazole rings is 1. The number of hydrogen-bond acceptors (Lipinski definition) is 4. The van der Waals surface area contributed by atoms with Crippen LogP contribution in [0.15, 0.2) is 12.5 Å². The van der Waals surface area contributed by atoms with Crippen LogP contribution in [0.2, 0.25) is 0 Å². The van der Waals surface area contributed by atoms with Gasteiger partial charge in [-0.15, -0.1) is 0 Å². The van der Waals surface area contributed by atoms with Crippen LogP contribution in [0, 0.1) is 0 Å². The highest BCUT2D eigenvalue weighted by Gasteiger charge is 2.20. The largest absolute Gasteiger partial charge is 0.361 e. The molecule has 0 fully saturated rings. The third-order valence-electron chi connectivity index (χ3n) is 1.05. The summed E-state index contributed by atoms with van der Waals surface area (Å²) in [6.07, 6.45) is 2.47. The summed E-state index contributed by atoms with van der Waals surface area (Å²) in [5.41, 5.74) is 0.435. The lowest BCUT2D eigenvalue weighted by molar-refractivity contribution is -0.146. The second-order valence-electron chi connectivity index (χ2n) is 1.95. The summed E-state index contributed by atoms with van der Waals surface area (Å²) in [5, 5.41) is 7.95. The number of aromatic amines is 1. The van der Waals surface area contributed by atoms with E-state index in [1.165, 1.54) is 12.5 Å². The summed E-state index contributed by atoms with van der Waals surface area (Å²) in [7, 11) is -3.88. The van der Waals surface area contributed by atoms with Crippen LogP contribution in [0.5, 0.6) is 0 Å². The monoisotopic (exact) mass is 178 g/mol. The van der Waals surface area contributed by atoms with Gasteiger partial charge in [-0.05, 0) is 0 Å². The predicted molar refractivity (Wildman–Crippen MR) is 35.8 cm³/mol. The van der Waals surface area contributed by atoms with E-state index in [0.29, 0.717) is 5.69 Å². The molecule has 6 nitrogen and oxygen atoms in total. The van der Waals surface area contributed by atoms with Crippen molar-refractivity contribution in [3.05, 3.63) is 18.2 Å². The Labute approximate surface area is 62.3 Å². The van der Waals surface area contributed by atoms with Gasteiger partial charge in [0.25, 0.3) is 0 Å². The summed E-state index contributed by atoms with van der Waals surface area (Å²) in [4.78, 5) is 14.9. The average molecular weight is 178 g/mol. The normalized spacial score (nSPS) is 16.2. The van der Waals surface area contributed by atoms with Gasteiger partial charge in [0.15, 0.2) is 0 Å². The van der Waals surface area contributed by atoms with Crippen molar-refractivity contribution in [2.45, 2.75) is 6.16 Å². The molecule has 0 aliphatic heterocycles. The van der Waals surface area contributed by atoms with Crippen LogP contribution >= 0.6 is 7.60 Å². The fraction of sp³-hybridized carbons (Fsp3) is 0.250. The van der Waals surface area contributed by atoms with Gasteiger partial charge in [-0.2, -0.15) is 4.67 Å². The predicted octanol–water partition coefficient (Wildman–Crippen LogP) is 0.585. The molecular weight excluding hydrogens is 171 g/mol. The van der Waals surface area contributed by atoms with E-state index in [1.54, 1.807) is 0 Å². The van der Waals surface area contributed by atoms with Crippen molar-refractivity contribution >= 4 is 7.60 Å². The molecule has 0 saturated carbocycles. The van der Waals surface area contributed by atoms with Gasteiger partial charge in [-0.1, -0.05) is 0 Å². The van der Waals surface area contributed by atoms with Crippen LogP contribution in [0.25, 0.3) is 0 Å². The number of rotatable bonds is 3. The quantitative estimate of drug-likeness (QED) is 0.357. The molecule has 0 aromatic carbocycles. The molecule has 1 aromatic heterocycles. The molecule has 0 saturated heterocycles. The van der Waals surface area contributed by atoms with Gasteiger partial charge >= 0.3 is 7.60 Å². The fourth-order valence-corrected chi connectivity index (χ4v) is 1.28. The summed E-state index contributed by atoms with van der Waals surface area (Å²) in [6, 6.07) is 0. The van der Waals surface area contributed by atoms with Gasteiger partial charge in [-0.25, -0.2) is 10.2 Å². The standard InChI is InChI=1S/C4H7N2O4P/c7-10-11(8,9)2-4-1-5-3-6-4/h1,3,7H,2H2,(H,5,6)(H,8,9). The van der Waals surface area contributed by atoms with E-state index < -0.39 is 7.60 Å². The maximum Gasteiger partial charge on any atom is 0.361 e. The van der Waals surface area contributed by atoms with Crippen LogP contribution in [-0.4, -0.2) is 20.1 Å². The van der Waals surface area contributed by atoms with Crippen molar-refractivity contribution in [3.63, 3.8) is 0 Å². The number of H-pyrrole nitrogens is 1. The molecule has 11 heavy (non-hydrogen) atoms. The molecular formula is C4H7N2O4P. The van der Waals surface area contributed by atoms with Gasteiger partial charge in [0.05, 0.1) is 12.5 Å². The molecule has 0 bridgehead atoms. The first-order valence-electron chi connectivity index (χ1n) is 2.76. The van der Waals surface area contributed by atoms with E-state index in [1.807, 2.05) is 0 Å². The highest BCUT2D eigenvalue weighted by Crippen LogP contribution is 2.43. The van der Waals surface area contributed by atoms with E-state index in [-0.39, 0.29) is 6.16 Å². The second kappa shape index (κ2) is 3.15. The van der Waals surface area contributed by atoms with Crippen molar-refractivity contribution in [1.29, 1.82) is 0 Å². The van der Waals surface area contributed by atoms with Crippen molar-refractivity contribution in [2.75, 3.05) is 0 Å². The van der Waals surface area contributed by atoms with E-state index in [9.17, 15) is 4.57 Å². The zero-order valence-electron chi connectivity index (χ0n) is 5.47. The smallest absolute Gasteiger partial charge is 0.348 e. The summed E-state index contributed by atoms with van der Waals surface area (Å²) >= 11 is 0. The van der Waals surface area contributed by atoms with Crippen molar-refractivity contribution in [2.24, 2.45) is 0 Å². The highest BCUT2D eigenvalue weighted by molar-refractivity contribution is 7.51. The molecule has 0 aliphatic rings. The lowest BCUT2D eigenvalue weighted by Gasteiger charge is -2.03. The molecule has 0 spiro atoms. The molecule has 1 unspecified atom stereocenters. The Hall–Kier alpha value is -0.680. The topological polar surface area (TPSA) is 95.4 Å². The van der Waals surface area contributed by atoms with Gasteiger partial charge in [0.2, 0.25) is 0 Å². The molecule has 1 rings (SSSR count). The highest BCUT2D eigenvalue weighted by atomic mass is 31.2. The molecule has 0 amide bonds. The summed E-state index contributed by atoms with van der Waals surface area (Å²) < 4.78 is 14.1. The Morgan fingerprint density at radius 1 is 1.82 bits per heavy atom. The first-order chi connectivity index (χ1) is 5.14. The Morgan fingerprint density at radius 3 is 3.00 bits per heavy atom. The maximum absolute atomic E-state index is 10.7. The van der Waals surface area contributed by atoms with Crippen molar-refractivity contribution in [3.8, 4) is 0 Å². The zero-order chi connectivity index (χ0) is 8.32. The summed E-state index contributed by atoms with van der Waals surface area (Å²) in [5.74, 6) is 0. The molecule has 1 atom stereocenters. The Morgan fingerprint density at radius 2 is 2.55 bits per heavy atom. The molecule has 0 radical (unpaired) electrons. The molecule has 62 valence electrons. The Balaban J connectivity index is 2.63. The number of nitrogens with one attached hydrogen (secondary N) is 1. The first kappa shape index (κ1) is 8.42. The lowest BCUT2D eigenvalue weighted by Crippen LogP contribution is -1.89. The fourth-order valence-electron chi connectivity index (χ4n) is 0.615. The van der Waals surface area contributed by atoms with Crippen LogP contribution < -0.4 is 0 Å². The zero-order valence-corrected chi connectivity index (χ0v) is 6.36. The molecule has 1 aromatic rings. The van der Waals surface area contributed by atoms with E-state index in [2.05, 4.69) is 14.6 Å². The lowest BCUT2D eigenvalue weighted by atomic mass is 10.6. The molecule has 1 heterocycles. The Kier molecular flexibility index (Phi) is 2.41. The number of aromatic nitrogens is 2. The number of nitrogens with zero attached hydrogens (tertiary/aromatic N) is 1.